The van der Waals surface area contributed by atoms with E-state index in [1.165, 1.54) is 6.08 Å². The number of hydrogen-bond acceptors (Lipinski definition) is 8. The van der Waals surface area contributed by atoms with E-state index in [-0.39, 0.29) is 24.3 Å². The van der Waals surface area contributed by atoms with Crippen molar-refractivity contribution in [2.24, 2.45) is 5.92 Å². The Morgan fingerprint density at radius 2 is 2.03 bits per heavy atom. The molecule has 0 amide bonds. The van der Waals surface area contributed by atoms with Gasteiger partial charge in [0.05, 0.1) is 27.3 Å². The maximum Gasteiger partial charge on any atom is 0.225 e. The summed E-state index contributed by atoms with van der Waals surface area (Å²) in [6.45, 7) is 13.2. The number of nitrogens with one attached hydrogen (secondary N) is 2. The van der Waals surface area contributed by atoms with Gasteiger partial charge in [0.2, 0.25) is 5.95 Å². The highest BCUT2D eigenvalue weighted by Crippen LogP contribution is 2.40. The minimum atomic E-state index is -0.726. The monoisotopic (exact) mass is 522 g/mol. The van der Waals surface area contributed by atoms with Gasteiger partial charge in [-0.05, 0) is 65.9 Å². The van der Waals surface area contributed by atoms with Gasteiger partial charge in [0.25, 0.3) is 0 Å². The summed E-state index contributed by atoms with van der Waals surface area (Å²) in [6.07, 6.45) is 9.12. The van der Waals surface area contributed by atoms with Gasteiger partial charge < -0.3 is 15.7 Å². The Morgan fingerprint density at radius 1 is 1.24 bits per heavy atom. The summed E-state index contributed by atoms with van der Waals surface area (Å²) in [5, 5.41) is 18.2. The number of pyridine rings is 1. The minimum Gasteiger partial charge on any atom is -0.390 e. The lowest BCUT2D eigenvalue weighted by atomic mass is 9.89. The van der Waals surface area contributed by atoms with Crippen molar-refractivity contribution in [1.29, 1.82) is 0 Å². The Morgan fingerprint density at radius 3 is 2.68 bits per heavy atom. The van der Waals surface area contributed by atoms with Crippen molar-refractivity contribution < 1.29 is 9.50 Å². The van der Waals surface area contributed by atoms with Gasteiger partial charge in [-0.1, -0.05) is 24.8 Å². The fourth-order valence-corrected chi connectivity index (χ4v) is 5.88. The number of aromatic nitrogens is 4. The van der Waals surface area contributed by atoms with Crippen molar-refractivity contribution in [3.8, 4) is 10.6 Å². The molecule has 1 aliphatic rings. The third kappa shape index (κ3) is 6.05. The normalized spacial score (nSPS) is 18.9. The largest absolute Gasteiger partial charge is 0.390 e. The van der Waals surface area contributed by atoms with Crippen molar-refractivity contribution in [3.05, 3.63) is 59.9 Å². The molecule has 2 unspecified atom stereocenters. The molecule has 0 radical (unpaired) electrons. The van der Waals surface area contributed by atoms with Gasteiger partial charge in [0, 0.05) is 24.4 Å². The van der Waals surface area contributed by atoms with Crippen LogP contribution in [0.4, 0.5) is 16.2 Å². The molecular weight excluding hydrogens is 487 g/mol. The fourth-order valence-electron chi connectivity index (χ4n) is 4.77. The van der Waals surface area contributed by atoms with Crippen LogP contribution in [0.25, 0.3) is 20.8 Å². The summed E-state index contributed by atoms with van der Waals surface area (Å²) in [6, 6.07) is 2.13. The molecule has 3 heterocycles. The quantitative estimate of drug-likeness (QED) is 0.276. The molecule has 4 rings (SSSR count). The van der Waals surface area contributed by atoms with Gasteiger partial charge in [-0.25, -0.2) is 14.4 Å². The molecule has 196 valence electrons. The molecule has 3 N–H and O–H groups in total. The molecule has 1 fully saturated rings. The summed E-state index contributed by atoms with van der Waals surface area (Å²) in [5.74, 6) is 0.974. The average molecular weight is 523 g/mol. The highest BCUT2D eigenvalue weighted by Gasteiger charge is 2.35. The molecule has 3 aromatic rings. The van der Waals surface area contributed by atoms with Gasteiger partial charge in [-0.2, -0.15) is 4.98 Å². The molecule has 7 nitrogen and oxygen atoms in total. The Hall–Kier alpha value is -3.17. The molecule has 1 aliphatic carbocycles. The third-order valence-corrected chi connectivity index (χ3v) is 7.92. The molecule has 1 saturated carbocycles. The molecule has 3 aromatic heterocycles. The van der Waals surface area contributed by atoms with Crippen LogP contribution in [0.1, 0.15) is 51.4 Å². The summed E-state index contributed by atoms with van der Waals surface area (Å²) >= 11 is 1.58. The van der Waals surface area contributed by atoms with Gasteiger partial charge in [-0.15, -0.1) is 11.3 Å². The number of fused-ring (bicyclic) bond motifs is 1. The molecule has 2 atom stereocenters. The molecule has 37 heavy (non-hydrogen) atoms. The second-order valence-corrected chi connectivity index (χ2v) is 11.1. The summed E-state index contributed by atoms with van der Waals surface area (Å²) < 4.78 is 15.3. The Bertz CT molecular complexity index is 1360. The molecule has 0 aromatic carbocycles. The predicted molar refractivity (Wildman–Crippen MR) is 151 cm³/mol. The van der Waals surface area contributed by atoms with E-state index in [4.69, 9.17) is 15.0 Å². The number of nitrogens with zero attached hydrogens (tertiary/aromatic N) is 4. The zero-order valence-electron chi connectivity index (χ0n) is 22.1. The van der Waals surface area contributed by atoms with E-state index in [2.05, 4.69) is 22.2 Å². The van der Waals surface area contributed by atoms with Gasteiger partial charge in [-0.3, -0.25) is 4.98 Å². The Kier molecular flexibility index (Phi) is 8.04. The van der Waals surface area contributed by atoms with E-state index in [0.29, 0.717) is 17.3 Å². The van der Waals surface area contributed by atoms with Crippen LogP contribution in [0.15, 0.2) is 48.5 Å². The molecule has 0 spiro atoms. The van der Waals surface area contributed by atoms with E-state index < -0.39 is 5.60 Å². The summed E-state index contributed by atoms with van der Waals surface area (Å²) in [4.78, 5) is 18.8. The van der Waals surface area contributed by atoms with Crippen LogP contribution in [0.5, 0.6) is 0 Å². The second-order valence-electron chi connectivity index (χ2n) is 10.0. The average Bonchev–Trinajstić information content (AvgIpc) is 3.49. The summed E-state index contributed by atoms with van der Waals surface area (Å²) in [7, 11) is 0. The van der Waals surface area contributed by atoms with E-state index in [1.54, 1.807) is 36.6 Å². The topological polar surface area (TPSA) is 95.9 Å². The number of hydrogen-bond donors (Lipinski definition) is 3. The highest BCUT2D eigenvalue weighted by molar-refractivity contribution is 7.21. The molecule has 0 aliphatic heterocycles. The molecule has 9 heteroatoms. The van der Waals surface area contributed by atoms with E-state index in [1.807, 2.05) is 33.8 Å². The standard InChI is InChI=1S/C28H35FN6OS/c1-7-9-18(21(29)8-2)15-31-27-32-16(3)23(26-34-24-17(4)30-13-12-22(24)37-26)25(35-27)33-20-11-10-19(14-20)28(5,6)36/h7-9,12-13,19-20,36H,1,10-11,14-15H2,2-6H3,(H2,31,32,33,35)/b18-9-,21-8+. The first-order chi connectivity index (χ1) is 17.6. The van der Waals surface area contributed by atoms with Crippen molar-refractivity contribution in [2.45, 2.75) is 65.5 Å². The molecule has 0 bridgehead atoms. The first-order valence-corrected chi connectivity index (χ1v) is 13.4. The lowest BCUT2D eigenvalue weighted by Crippen LogP contribution is -2.30. The first-order valence-electron chi connectivity index (χ1n) is 12.6. The second kappa shape index (κ2) is 11.1. The highest BCUT2D eigenvalue weighted by atomic mass is 32.1. The van der Waals surface area contributed by atoms with Crippen LogP contribution in [0.2, 0.25) is 0 Å². The maximum absolute atomic E-state index is 14.3. The molecule has 0 saturated heterocycles. The fraction of sp³-hybridized carbons (Fsp3) is 0.429. The Balaban J connectivity index is 1.71. The number of thiazole rings is 1. The van der Waals surface area contributed by atoms with Crippen LogP contribution in [0.3, 0.4) is 0 Å². The third-order valence-electron chi connectivity index (χ3n) is 6.88. The zero-order valence-corrected chi connectivity index (χ0v) is 22.9. The zero-order chi connectivity index (χ0) is 26.7. The van der Waals surface area contributed by atoms with Gasteiger partial charge >= 0.3 is 0 Å². The van der Waals surface area contributed by atoms with Crippen LogP contribution in [-0.2, 0) is 0 Å². The number of rotatable bonds is 9. The number of allylic oxidation sites excluding steroid dienone is 3. The Labute approximate surface area is 221 Å². The smallest absolute Gasteiger partial charge is 0.225 e. The lowest BCUT2D eigenvalue weighted by molar-refractivity contribution is 0.0197. The van der Waals surface area contributed by atoms with E-state index in [9.17, 15) is 9.50 Å². The van der Waals surface area contributed by atoms with Crippen molar-refractivity contribution in [1.82, 2.24) is 19.9 Å². The number of anilines is 2. The summed E-state index contributed by atoms with van der Waals surface area (Å²) in [5.41, 5.74) is 3.11. The SMILES string of the molecule is C=C/C=C(CNc1nc(C)c(-c2nc3c(C)nccc3s2)c(NC2CCC(C(C)(C)O)C2)n1)\C(F)=C/C. The van der Waals surface area contributed by atoms with E-state index in [0.717, 1.165) is 51.4 Å². The van der Waals surface area contributed by atoms with Crippen LogP contribution in [-0.4, -0.2) is 43.2 Å². The number of halogens is 1. The predicted octanol–water partition coefficient (Wildman–Crippen LogP) is 6.51. The van der Waals surface area contributed by atoms with Crippen molar-refractivity contribution in [2.75, 3.05) is 17.2 Å². The van der Waals surface area contributed by atoms with Crippen LogP contribution in [0, 0.1) is 19.8 Å². The lowest BCUT2D eigenvalue weighted by Gasteiger charge is -2.25. The van der Waals surface area contributed by atoms with Gasteiger partial charge in [0.15, 0.2) is 0 Å². The van der Waals surface area contributed by atoms with Crippen molar-refractivity contribution in [3.63, 3.8) is 0 Å². The van der Waals surface area contributed by atoms with Crippen LogP contribution < -0.4 is 10.6 Å². The van der Waals surface area contributed by atoms with Gasteiger partial charge in [0.1, 0.15) is 22.2 Å². The number of aliphatic hydroxyl groups is 1. The maximum atomic E-state index is 14.3. The minimum absolute atomic E-state index is 0.159. The first kappa shape index (κ1) is 26.9. The van der Waals surface area contributed by atoms with Crippen LogP contribution >= 0.6 is 11.3 Å². The van der Waals surface area contributed by atoms with Crippen molar-refractivity contribution >= 4 is 33.3 Å². The number of aryl methyl sites for hydroxylation is 2. The molecular formula is C28H35FN6OS. The van der Waals surface area contributed by atoms with E-state index >= 15 is 0 Å².